The molecule has 3 fully saturated rings. The third-order valence-electron chi connectivity index (χ3n) is 6.48. The van der Waals surface area contributed by atoms with E-state index in [1.807, 2.05) is 12.1 Å². The maximum absolute atomic E-state index is 14.3. The number of nitrogens with zero attached hydrogens (tertiary/aromatic N) is 1. The monoisotopic (exact) mass is 390 g/mol. The minimum Gasteiger partial charge on any atom is -0.497 e. The summed E-state index contributed by atoms with van der Waals surface area (Å²) in [5.41, 5.74) is 0.708. The van der Waals surface area contributed by atoms with Gasteiger partial charge in [0.2, 0.25) is 5.91 Å². The van der Waals surface area contributed by atoms with Gasteiger partial charge >= 0.3 is 0 Å². The molecule has 1 aliphatic heterocycles. The van der Waals surface area contributed by atoms with Crippen molar-refractivity contribution >= 4 is 5.91 Å². The molecule has 0 aromatic heterocycles. The lowest BCUT2D eigenvalue weighted by molar-refractivity contribution is -0.122. The van der Waals surface area contributed by atoms with Crippen LogP contribution < -0.4 is 10.1 Å². The highest BCUT2D eigenvalue weighted by Crippen LogP contribution is 2.39. The van der Waals surface area contributed by atoms with Crippen molar-refractivity contribution in [3.8, 4) is 5.75 Å². The van der Waals surface area contributed by atoms with Crippen LogP contribution in [0.2, 0.25) is 0 Å². The largest absolute Gasteiger partial charge is 0.497 e. The van der Waals surface area contributed by atoms with Crippen molar-refractivity contribution in [3.05, 3.63) is 29.6 Å². The quantitative estimate of drug-likeness (QED) is 0.778. The Bertz CT molecular complexity index is 709. The maximum Gasteiger partial charge on any atom is 0.217 e. The highest BCUT2D eigenvalue weighted by molar-refractivity contribution is 5.73. The van der Waals surface area contributed by atoms with Gasteiger partial charge in [-0.25, -0.2) is 4.39 Å². The van der Waals surface area contributed by atoms with E-state index in [2.05, 4.69) is 10.2 Å². The summed E-state index contributed by atoms with van der Waals surface area (Å²) in [6.07, 6.45) is 4.56. The van der Waals surface area contributed by atoms with Gasteiger partial charge in [-0.3, -0.25) is 9.69 Å². The summed E-state index contributed by atoms with van der Waals surface area (Å²) in [5.74, 6) is 2.14. The predicted molar refractivity (Wildman–Crippen MR) is 105 cm³/mol. The van der Waals surface area contributed by atoms with Gasteiger partial charge in [0, 0.05) is 44.8 Å². The second-order valence-corrected chi connectivity index (χ2v) is 8.77. The summed E-state index contributed by atoms with van der Waals surface area (Å²) in [6, 6.07) is 5.18. The lowest BCUT2D eigenvalue weighted by Crippen LogP contribution is -2.50. The number of amides is 1. The number of carbonyl (C=O) groups is 1. The van der Waals surface area contributed by atoms with E-state index < -0.39 is 0 Å². The van der Waals surface area contributed by atoms with E-state index >= 15 is 0 Å². The standard InChI is InChI=1S/C22H31FN2O3/c1-14(26)24-21-7-17-11-25(10-16-5-6-19(27-2)9-20(16)23)12-18(17)8-22(21)28-13-15-3-4-15/h5-6,9,15,17-18,21-22H,3-4,7-8,10-13H2,1-2H3,(H,24,26)/t17-,18+,21-,22-/m1/s1. The minimum absolute atomic E-state index is 0.0126. The summed E-state index contributed by atoms with van der Waals surface area (Å²) in [5, 5.41) is 3.12. The minimum atomic E-state index is -0.212. The third-order valence-corrected chi connectivity index (χ3v) is 6.48. The number of benzene rings is 1. The van der Waals surface area contributed by atoms with Crippen LogP contribution in [0.25, 0.3) is 0 Å². The first-order valence-electron chi connectivity index (χ1n) is 10.4. The Morgan fingerprint density at radius 3 is 2.64 bits per heavy atom. The topological polar surface area (TPSA) is 50.8 Å². The summed E-state index contributed by atoms with van der Waals surface area (Å²) >= 11 is 0. The van der Waals surface area contributed by atoms with E-state index in [9.17, 15) is 9.18 Å². The van der Waals surface area contributed by atoms with Gasteiger partial charge in [-0.05, 0) is 49.5 Å². The molecule has 28 heavy (non-hydrogen) atoms. The zero-order valence-corrected chi connectivity index (χ0v) is 16.8. The maximum atomic E-state index is 14.3. The molecule has 2 saturated carbocycles. The van der Waals surface area contributed by atoms with E-state index in [0.717, 1.165) is 32.5 Å². The number of likely N-dealkylation sites (tertiary alicyclic amines) is 1. The Labute approximate surface area is 166 Å². The Hall–Kier alpha value is -1.66. The van der Waals surface area contributed by atoms with Gasteiger partial charge in [-0.1, -0.05) is 6.07 Å². The van der Waals surface area contributed by atoms with E-state index in [-0.39, 0.29) is 23.9 Å². The first-order valence-corrected chi connectivity index (χ1v) is 10.4. The van der Waals surface area contributed by atoms with E-state index in [0.29, 0.717) is 35.6 Å². The van der Waals surface area contributed by atoms with Gasteiger partial charge in [-0.2, -0.15) is 0 Å². The Morgan fingerprint density at radius 2 is 2.00 bits per heavy atom. The van der Waals surface area contributed by atoms with Crippen LogP contribution in [0.15, 0.2) is 18.2 Å². The average molecular weight is 390 g/mol. The van der Waals surface area contributed by atoms with Crippen molar-refractivity contribution in [1.82, 2.24) is 10.2 Å². The number of rotatable bonds is 7. The van der Waals surface area contributed by atoms with E-state index in [1.165, 1.54) is 18.9 Å². The number of ether oxygens (including phenoxy) is 2. The Morgan fingerprint density at radius 1 is 1.25 bits per heavy atom. The zero-order chi connectivity index (χ0) is 19.7. The summed E-state index contributed by atoms with van der Waals surface area (Å²) < 4.78 is 25.7. The highest BCUT2D eigenvalue weighted by Gasteiger charge is 2.43. The second kappa shape index (κ2) is 8.37. The first-order chi connectivity index (χ1) is 13.5. The van der Waals surface area contributed by atoms with Crippen LogP contribution in [0.5, 0.6) is 5.75 Å². The molecule has 0 radical (unpaired) electrons. The molecule has 1 aromatic rings. The number of carbonyl (C=O) groups excluding carboxylic acids is 1. The lowest BCUT2D eigenvalue weighted by Gasteiger charge is -2.38. The molecule has 1 aromatic carbocycles. The van der Waals surface area contributed by atoms with E-state index in [1.54, 1.807) is 14.0 Å². The van der Waals surface area contributed by atoms with Crippen molar-refractivity contribution in [1.29, 1.82) is 0 Å². The van der Waals surface area contributed by atoms with Crippen molar-refractivity contribution in [2.45, 2.75) is 51.3 Å². The van der Waals surface area contributed by atoms with Gasteiger partial charge < -0.3 is 14.8 Å². The molecule has 1 amide bonds. The van der Waals surface area contributed by atoms with Crippen molar-refractivity contribution in [2.75, 3.05) is 26.8 Å². The van der Waals surface area contributed by atoms with Crippen LogP contribution in [0.4, 0.5) is 4.39 Å². The lowest BCUT2D eigenvalue weighted by atomic mass is 9.77. The smallest absolute Gasteiger partial charge is 0.217 e. The molecule has 6 heteroatoms. The second-order valence-electron chi connectivity index (χ2n) is 8.77. The normalized spacial score (nSPS) is 30.1. The highest BCUT2D eigenvalue weighted by atomic mass is 19.1. The third kappa shape index (κ3) is 4.66. The number of hydrogen-bond donors (Lipinski definition) is 1. The number of nitrogens with one attached hydrogen (secondary N) is 1. The van der Waals surface area contributed by atoms with Gasteiger partial charge in [-0.15, -0.1) is 0 Å². The zero-order valence-electron chi connectivity index (χ0n) is 16.8. The van der Waals surface area contributed by atoms with Crippen molar-refractivity contribution in [3.63, 3.8) is 0 Å². The molecule has 3 aliphatic rings. The fourth-order valence-electron chi connectivity index (χ4n) is 4.81. The molecule has 0 unspecified atom stereocenters. The molecule has 4 rings (SSSR count). The molecule has 154 valence electrons. The average Bonchev–Trinajstić information content (AvgIpc) is 3.40. The molecular weight excluding hydrogens is 359 g/mol. The SMILES string of the molecule is COc1ccc(CN2C[C@H]3C[C@@H](NC(C)=O)[C@H](OCC4CC4)C[C@H]3C2)c(F)c1. The van der Waals surface area contributed by atoms with Crippen LogP contribution in [-0.2, 0) is 16.1 Å². The number of fused-ring (bicyclic) bond motifs is 1. The summed E-state index contributed by atoms with van der Waals surface area (Å²) in [4.78, 5) is 14.0. The molecular formula is C22H31FN2O3. The molecule has 1 heterocycles. The summed E-state index contributed by atoms with van der Waals surface area (Å²) in [7, 11) is 1.55. The van der Waals surface area contributed by atoms with Gasteiger partial charge in [0.25, 0.3) is 0 Å². The molecule has 0 bridgehead atoms. The fourth-order valence-corrected chi connectivity index (χ4v) is 4.81. The van der Waals surface area contributed by atoms with Crippen molar-refractivity contribution < 1.29 is 18.7 Å². The van der Waals surface area contributed by atoms with Crippen molar-refractivity contribution in [2.24, 2.45) is 17.8 Å². The fraction of sp³-hybridized carbons (Fsp3) is 0.682. The summed E-state index contributed by atoms with van der Waals surface area (Å²) in [6.45, 7) is 4.92. The number of halogens is 1. The number of hydrogen-bond acceptors (Lipinski definition) is 4. The Balaban J connectivity index is 1.38. The molecule has 1 saturated heterocycles. The first kappa shape index (κ1) is 19.6. The van der Waals surface area contributed by atoms with Crippen LogP contribution in [0.3, 0.4) is 0 Å². The molecule has 4 atom stereocenters. The molecule has 5 nitrogen and oxygen atoms in total. The van der Waals surface area contributed by atoms with Gasteiger partial charge in [0.05, 0.1) is 19.3 Å². The van der Waals surface area contributed by atoms with Gasteiger partial charge in [0.15, 0.2) is 0 Å². The van der Waals surface area contributed by atoms with Crippen LogP contribution in [0.1, 0.15) is 38.2 Å². The predicted octanol–water partition coefficient (Wildman–Crippen LogP) is 2.98. The van der Waals surface area contributed by atoms with Crippen LogP contribution in [0, 0.1) is 23.6 Å². The number of methoxy groups -OCH3 is 1. The van der Waals surface area contributed by atoms with Crippen LogP contribution in [-0.4, -0.2) is 49.8 Å². The van der Waals surface area contributed by atoms with Crippen LogP contribution >= 0.6 is 0 Å². The Kier molecular flexibility index (Phi) is 5.88. The molecule has 0 spiro atoms. The van der Waals surface area contributed by atoms with Gasteiger partial charge in [0.1, 0.15) is 11.6 Å². The molecule has 2 aliphatic carbocycles. The molecule has 1 N–H and O–H groups in total. The van der Waals surface area contributed by atoms with E-state index in [4.69, 9.17) is 9.47 Å².